The maximum absolute atomic E-state index is 11.3. The summed E-state index contributed by atoms with van der Waals surface area (Å²) < 4.78 is 0. The van der Waals surface area contributed by atoms with Crippen molar-refractivity contribution in [3.63, 3.8) is 0 Å². The average molecular weight is 190 g/mol. The van der Waals surface area contributed by atoms with Crippen molar-refractivity contribution in [2.75, 3.05) is 26.2 Å². The van der Waals surface area contributed by atoms with E-state index in [2.05, 4.69) is 11.2 Å². The van der Waals surface area contributed by atoms with Crippen LogP contribution < -0.4 is 5.32 Å². The molecule has 1 amide bonds. The molecule has 0 radical (unpaired) electrons. The third-order valence-corrected chi connectivity index (χ3v) is 1.38. The van der Waals surface area contributed by atoms with Gasteiger partial charge in [-0.3, -0.25) is 10.1 Å². The first-order valence-corrected chi connectivity index (χ1v) is 3.92. The molecule has 0 aliphatic carbocycles. The fourth-order valence-corrected chi connectivity index (χ4v) is 0.756. The van der Waals surface area contributed by atoms with Gasteiger partial charge in [0, 0.05) is 0 Å². The number of nitrogens with zero attached hydrogens (tertiary/aromatic N) is 3. The predicted octanol–water partition coefficient (Wildman–Crippen LogP) is -0.915. The molecule has 0 rings (SSSR count). The zero-order chi connectivity index (χ0) is 10.8. The number of nitriles is 2. The van der Waals surface area contributed by atoms with E-state index in [9.17, 15) is 4.79 Å². The lowest BCUT2D eigenvalue weighted by Crippen LogP contribution is -2.38. The van der Waals surface area contributed by atoms with Crippen LogP contribution in [0.25, 0.3) is 0 Å². The fourth-order valence-electron chi connectivity index (χ4n) is 0.756. The Morgan fingerprint density at radius 2 is 1.93 bits per heavy atom. The van der Waals surface area contributed by atoms with E-state index in [1.54, 1.807) is 0 Å². The summed E-state index contributed by atoms with van der Waals surface area (Å²) in [6.07, 6.45) is 4.97. The van der Waals surface area contributed by atoms with Gasteiger partial charge >= 0.3 is 0 Å². The minimum Gasteiger partial charge on any atom is -0.315 e. The highest BCUT2D eigenvalue weighted by molar-refractivity contribution is 5.78. The molecule has 0 saturated carbocycles. The van der Waals surface area contributed by atoms with Crippen molar-refractivity contribution in [2.24, 2.45) is 0 Å². The highest BCUT2D eigenvalue weighted by Gasteiger charge is 2.11. The van der Waals surface area contributed by atoms with Crippen LogP contribution in [0.1, 0.15) is 0 Å². The minimum atomic E-state index is -0.302. The summed E-state index contributed by atoms with van der Waals surface area (Å²) in [5, 5.41) is 19.4. The topological polar surface area (TPSA) is 79.9 Å². The second-order valence-electron chi connectivity index (χ2n) is 2.37. The number of hydrogen-bond donors (Lipinski definition) is 1. The zero-order valence-corrected chi connectivity index (χ0v) is 7.66. The van der Waals surface area contributed by atoms with Crippen molar-refractivity contribution < 1.29 is 4.79 Å². The van der Waals surface area contributed by atoms with Crippen molar-refractivity contribution in [1.29, 1.82) is 10.5 Å². The van der Waals surface area contributed by atoms with Crippen LogP contribution in [0.2, 0.25) is 0 Å². The van der Waals surface area contributed by atoms with Crippen molar-refractivity contribution in [3.05, 3.63) is 0 Å². The SMILES string of the molecule is C#CCNCC(=O)N(CC#N)CC#N. The standard InChI is InChI=1S/C9H10N4O/c1-2-5-12-8-9(14)13(6-3-10)7-4-11/h1,12H,5-8H2. The van der Waals surface area contributed by atoms with Crippen LogP contribution in [0, 0.1) is 35.0 Å². The molecule has 0 unspecified atom stereocenters. The van der Waals surface area contributed by atoms with Gasteiger partial charge in [0.2, 0.25) is 5.91 Å². The van der Waals surface area contributed by atoms with E-state index in [1.807, 2.05) is 12.1 Å². The number of hydrogen-bond acceptors (Lipinski definition) is 4. The molecule has 72 valence electrons. The summed E-state index contributed by atoms with van der Waals surface area (Å²) in [4.78, 5) is 12.4. The van der Waals surface area contributed by atoms with E-state index in [1.165, 1.54) is 0 Å². The molecule has 0 saturated heterocycles. The van der Waals surface area contributed by atoms with Gasteiger partial charge in [0.25, 0.3) is 0 Å². The normalized spacial score (nSPS) is 8.07. The lowest BCUT2D eigenvalue weighted by atomic mass is 10.4. The fraction of sp³-hybridized carbons (Fsp3) is 0.444. The van der Waals surface area contributed by atoms with Crippen LogP contribution >= 0.6 is 0 Å². The van der Waals surface area contributed by atoms with E-state index < -0.39 is 0 Å². The number of rotatable bonds is 5. The summed E-state index contributed by atoms with van der Waals surface area (Å²) in [6.45, 7) is 0.181. The molecule has 5 heteroatoms. The first-order valence-electron chi connectivity index (χ1n) is 3.92. The summed E-state index contributed by atoms with van der Waals surface area (Å²) in [6, 6.07) is 3.62. The predicted molar refractivity (Wildman–Crippen MR) is 49.5 cm³/mol. The van der Waals surface area contributed by atoms with Gasteiger partial charge in [-0.25, -0.2) is 0 Å². The van der Waals surface area contributed by atoms with Gasteiger partial charge in [-0.15, -0.1) is 6.42 Å². The molecule has 1 N–H and O–H groups in total. The molecule has 0 aliphatic heterocycles. The van der Waals surface area contributed by atoms with E-state index in [-0.39, 0.29) is 25.5 Å². The Bertz CT molecular complexity index is 288. The maximum atomic E-state index is 11.3. The molecule has 0 bridgehead atoms. The van der Waals surface area contributed by atoms with E-state index in [0.717, 1.165) is 4.90 Å². The van der Waals surface area contributed by atoms with E-state index in [4.69, 9.17) is 16.9 Å². The van der Waals surface area contributed by atoms with Gasteiger partial charge < -0.3 is 4.90 Å². The lowest BCUT2D eigenvalue weighted by Gasteiger charge is -2.15. The largest absolute Gasteiger partial charge is 0.315 e. The molecule has 0 fully saturated rings. The van der Waals surface area contributed by atoms with Gasteiger partial charge in [0.05, 0.1) is 25.2 Å². The van der Waals surface area contributed by atoms with Crippen molar-refractivity contribution in [3.8, 4) is 24.5 Å². The molecule has 0 aromatic carbocycles. The Labute approximate surface area is 82.9 Å². The van der Waals surface area contributed by atoms with Gasteiger partial charge in [0.15, 0.2) is 0 Å². The number of carbonyl (C=O) groups is 1. The maximum Gasteiger partial charge on any atom is 0.238 e. The molecule has 0 aromatic heterocycles. The van der Waals surface area contributed by atoms with Crippen LogP contribution in [0.15, 0.2) is 0 Å². The Morgan fingerprint density at radius 1 is 1.36 bits per heavy atom. The van der Waals surface area contributed by atoms with E-state index >= 15 is 0 Å². The number of amides is 1. The highest BCUT2D eigenvalue weighted by Crippen LogP contribution is 1.86. The summed E-state index contributed by atoms with van der Waals surface area (Å²) >= 11 is 0. The molecule has 0 heterocycles. The number of nitrogens with one attached hydrogen (secondary N) is 1. The summed E-state index contributed by atoms with van der Waals surface area (Å²) in [7, 11) is 0. The van der Waals surface area contributed by atoms with Crippen molar-refractivity contribution >= 4 is 5.91 Å². The molecule has 0 aromatic rings. The molecule has 14 heavy (non-hydrogen) atoms. The first kappa shape index (κ1) is 12.0. The van der Waals surface area contributed by atoms with Crippen molar-refractivity contribution in [1.82, 2.24) is 10.2 Å². The Kier molecular flexibility index (Phi) is 6.51. The van der Waals surface area contributed by atoms with Gasteiger partial charge in [-0.1, -0.05) is 5.92 Å². The summed E-state index contributed by atoms with van der Waals surface area (Å²) in [5.74, 6) is 2.01. The molecule has 0 aliphatic rings. The van der Waals surface area contributed by atoms with Gasteiger partial charge in [-0.2, -0.15) is 10.5 Å². The third-order valence-electron chi connectivity index (χ3n) is 1.38. The first-order chi connectivity index (χ1) is 6.76. The smallest absolute Gasteiger partial charge is 0.238 e. The molecular weight excluding hydrogens is 180 g/mol. The minimum absolute atomic E-state index is 0.0492. The molecule has 5 nitrogen and oxygen atoms in total. The average Bonchev–Trinajstić information content (AvgIpc) is 2.18. The third kappa shape index (κ3) is 4.77. The monoisotopic (exact) mass is 190 g/mol. The highest BCUT2D eigenvalue weighted by atomic mass is 16.2. The lowest BCUT2D eigenvalue weighted by molar-refractivity contribution is -0.129. The van der Waals surface area contributed by atoms with Gasteiger partial charge in [-0.05, 0) is 0 Å². The van der Waals surface area contributed by atoms with Crippen LogP contribution in [-0.2, 0) is 4.79 Å². The van der Waals surface area contributed by atoms with E-state index in [0.29, 0.717) is 6.54 Å². The molecular formula is C9H10N4O. The molecule has 0 atom stereocenters. The number of terminal acetylenes is 1. The van der Waals surface area contributed by atoms with Crippen molar-refractivity contribution in [2.45, 2.75) is 0 Å². The number of carbonyl (C=O) groups excluding carboxylic acids is 1. The Morgan fingerprint density at radius 3 is 2.36 bits per heavy atom. The zero-order valence-electron chi connectivity index (χ0n) is 7.66. The summed E-state index contributed by atoms with van der Waals surface area (Å²) in [5.41, 5.74) is 0. The quantitative estimate of drug-likeness (QED) is 0.345. The van der Waals surface area contributed by atoms with Crippen LogP contribution in [0.4, 0.5) is 0 Å². The van der Waals surface area contributed by atoms with Crippen LogP contribution in [0.5, 0.6) is 0 Å². The second kappa shape index (κ2) is 7.61. The van der Waals surface area contributed by atoms with Crippen LogP contribution in [0.3, 0.4) is 0 Å². The molecule has 0 spiro atoms. The Balaban J connectivity index is 3.99. The Hall–Kier alpha value is -2.03. The van der Waals surface area contributed by atoms with Crippen LogP contribution in [-0.4, -0.2) is 37.0 Å². The second-order valence-corrected chi connectivity index (χ2v) is 2.37. The van der Waals surface area contributed by atoms with Gasteiger partial charge in [0.1, 0.15) is 13.1 Å².